The smallest absolute Gasteiger partial charge is 0.231 e. The first-order chi connectivity index (χ1) is 12.5. The number of aromatic nitrogens is 1. The molecule has 6 heteroatoms. The van der Waals surface area contributed by atoms with Gasteiger partial charge in [0, 0.05) is 11.6 Å². The second-order valence-electron chi connectivity index (χ2n) is 6.46. The van der Waals surface area contributed by atoms with Crippen LogP contribution in [-0.2, 0) is 4.79 Å². The van der Waals surface area contributed by atoms with Crippen molar-refractivity contribution in [2.24, 2.45) is 5.92 Å². The minimum absolute atomic E-state index is 0.159. The Morgan fingerprint density at radius 3 is 2.77 bits per heavy atom. The molecule has 1 aliphatic rings. The summed E-state index contributed by atoms with van der Waals surface area (Å²) in [4.78, 5) is 16.0. The molecule has 1 N–H and O–H groups in total. The topological polar surface area (TPSA) is 51.2 Å². The van der Waals surface area contributed by atoms with E-state index in [0.717, 1.165) is 16.3 Å². The van der Waals surface area contributed by atoms with Gasteiger partial charge in [-0.25, -0.2) is 13.8 Å². The lowest BCUT2D eigenvalue weighted by molar-refractivity contribution is -0.117. The summed E-state index contributed by atoms with van der Waals surface area (Å²) in [6.07, 6.45) is 0.817. The Balaban J connectivity index is 1.55. The molecule has 1 heterocycles. The Morgan fingerprint density at radius 2 is 2.00 bits per heavy atom. The first-order valence-corrected chi connectivity index (χ1v) is 8.28. The number of hydrogen-bond acceptors (Lipinski definition) is 3. The fraction of sp³-hybridized carbons (Fsp3) is 0.200. The maximum absolute atomic E-state index is 13.8. The summed E-state index contributed by atoms with van der Waals surface area (Å²) < 4.78 is 32.4. The molecule has 0 spiro atoms. The summed E-state index contributed by atoms with van der Waals surface area (Å²) in [5, 5.41) is 4.24. The third-order valence-electron chi connectivity index (χ3n) is 4.31. The monoisotopic (exact) mass is 354 g/mol. The van der Waals surface area contributed by atoms with Gasteiger partial charge < -0.3 is 10.1 Å². The van der Waals surface area contributed by atoms with Gasteiger partial charge in [-0.1, -0.05) is 12.1 Å². The van der Waals surface area contributed by atoms with Crippen molar-refractivity contribution >= 4 is 22.5 Å². The van der Waals surface area contributed by atoms with Crippen LogP contribution in [0.4, 0.5) is 14.6 Å². The first-order valence-electron chi connectivity index (χ1n) is 8.28. The number of halogens is 2. The molecule has 3 aromatic rings. The highest BCUT2D eigenvalue weighted by Gasteiger charge is 2.43. The van der Waals surface area contributed by atoms with Gasteiger partial charge in [0.2, 0.25) is 5.91 Å². The fourth-order valence-electron chi connectivity index (χ4n) is 2.72. The van der Waals surface area contributed by atoms with Gasteiger partial charge in [-0.3, -0.25) is 4.79 Å². The third kappa shape index (κ3) is 3.35. The van der Waals surface area contributed by atoms with E-state index in [0.29, 0.717) is 11.6 Å². The second kappa shape index (κ2) is 6.37. The Labute approximate surface area is 148 Å². The van der Waals surface area contributed by atoms with E-state index in [1.165, 1.54) is 6.07 Å². The maximum atomic E-state index is 13.8. The van der Waals surface area contributed by atoms with Gasteiger partial charge in [-0.2, -0.15) is 0 Å². The van der Waals surface area contributed by atoms with Crippen LogP contribution in [0.3, 0.4) is 0 Å². The number of aryl methyl sites for hydroxylation is 1. The molecule has 1 fully saturated rings. The minimum atomic E-state index is -1.04. The average Bonchev–Trinajstić information content (AvgIpc) is 3.35. The molecule has 1 amide bonds. The highest BCUT2D eigenvalue weighted by molar-refractivity contribution is 5.96. The highest BCUT2D eigenvalue weighted by atomic mass is 19.1. The number of benzene rings is 2. The highest BCUT2D eigenvalue weighted by Crippen LogP contribution is 2.35. The number of hydrogen-bond donors (Lipinski definition) is 1. The van der Waals surface area contributed by atoms with Gasteiger partial charge in [0.15, 0.2) is 11.6 Å². The number of ether oxygens (including phenoxy) is 1. The van der Waals surface area contributed by atoms with Gasteiger partial charge >= 0.3 is 0 Å². The number of alkyl halides is 1. The summed E-state index contributed by atoms with van der Waals surface area (Å²) in [5.74, 6) is -0.324. The fourth-order valence-corrected chi connectivity index (χ4v) is 2.72. The summed E-state index contributed by atoms with van der Waals surface area (Å²) in [5.41, 5.74) is 0.899. The normalized spacial score (nSPS) is 18.6. The van der Waals surface area contributed by atoms with Crippen LogP contribution < -0.4 is 10.1 Å². The average molecular weight is 354 g/mol. The summed E-state index contributed by atoms with van der Waals surface area (Å²) in [7, 11) is 0. The second-order valence-corrected chi connectivity index (χ2v) is 6.46. The van der Waals surface area contributed by atoms with Gasteiger partial charge in [0.05, 0.1) is 5.92 Å². The number of rotatable bonds is 4. The molecule has 0 radical (unpaired) electrons. The molecule has 4 rings (SSSR count). The molecule has 4 nitrogen and oxygen atoms in total. The Morgan fingerprint density at radius 1 is 1.19 bits per heavy atom. The number of anilines is 1. The zero-order chi connectivity index (χ0) is 18.3. The molecule has 1 aliphatic carbocycles. The van der Waals surface area contributed by atoms with Crippen molar-refractivity contribution in [3.63, 3.8) is 0 Å². The van der Waals surface area contributed by atoms with Crippen LogP contribution in [0.1, 0.15) is 12.0 Å². The molecular formula is C20H16F2N2O2. The number of fused-ring (bicyclic) bond motifs is 1. The van der Waals surface area contributed by atoms with Crippen molar-refractivity contribution in [1.82, 2.24) is 4.98 Å². The quantitative estimate of drug-likeness (QED) is 0.734. The molecule has 2 aromatic carbocycles. The summed E-state index contributed by atoms with van der Waals surface area (Å²) in [6, 6.07) is 11.6. The Kier molecular flexibility index (Phi) is 4.03. The van der Waals surface area contributed by atoms with Crippen LogP contribution in [0.2, 0.25) is 0 Å². The molecule has 2 unspecified atom stereocenters. The van der Waals surface area contributed by atoms with Crippen LogP contribution >= 0.6 is 0 Å². The predicted octanol–water partition coefficient (Wildman–Crippen LogP) is 4.77. The van der Waals surface area contributed by atoms with Crippen molar-refractivity contribution in [2.75, 3.05) is 5.32 Å². The third-order valence-corrected chi connectivity index (χ3v) is 4.31. The van der Waals surface area contributed by atoms with E-state index in [1.54, 1.807) is 42.6 Å². The molecule has 1 saturated carbocycles. The Hall–Kier alpha value is -3.02. The van der Waals surface area contributed by atoms with E-state index in [-0.39, 0.29) is 18.1 Å². The predicted molar refractivity (Wildman–Crippen MR) is 94.6 cm³/mol. The molecule has 0 aliphatic heterocycles. The van der Waals surface area contributed by atoms with E-state index in [9.17, 15) is 13.6 Å². The van der Waals surface area contributed by atoms with Crippen molar-refractivity contribution in [3.8, 4) is 11.5 Å². The first kappa shape index (κ1) is 16.4. The van der Waals surface area contributed by atoms with Gasteiger partial charge in [-0.05, 0) is 54.6 Å². The molecule has 132 valence electrons. The lowest BCUT2D eigenvalue weighted by Gasteiger charge is -2.09. The standard InChI is InChI=1S/C20H16F2N2O2/c1-11-2-5-16(21)18(6-11)26-14-4-3-12-8-19(23-10-13(12)7-14)24-20(25)15-9-17(15)22/h2-8,10,15,17H,9H2,1H3,(H,23,24,25). The number of nitrogens with one attached hydrogen (secondary N) is 1. The van der Waals surface area contributed by atoms with E-state index in [4.69, 9.17) is 4.74 Å². The number of pyridine rings is 1. The zero-order valence-corrected chi connectivity index (χ0v) is 14.0. The summed E-state index contributed by atoms with van der Waals surface area (Å²) >= 11 is 0. The lowest BCUT2D eigenvalue weighted by Crippen LogP contribution is -2.15. The molecule has 0 bridgehead atoms. The summed E-state index contributed by atoms with van der Waals surface area (Å²) in [6.45, 7) is 1.86. The van der Waals surface area contributed by atoms with E-state index >= 15 is 0 Å². The van der Waals surface area contributed by atoms with Crippen LogP contribution in [0.15, 0.2) is 48.7 Å². The number of carbonyl (C=O) groups is 1. The number of carbonyl (C=O) groups excluding carboxylic acids is 1. The maximum Gasteiger partial charge on any atom is 0.231 e. The van der Waals surface area contributed by atoms with Crippen LogP contribution in [0, 0.1) is 18.7 Å². The number of nitrogens with zero attached hydrogens (tertiary/aromatic N) is 1. The molecule has 1 aromatic heterocycles. The molecule has 2 atom stereocenters. The van der Waals surface area contributed by atoms with Crippen molar-refractivity contribution in [2.45, 2.75) is 19.5 Å². The van der Waals surface area contributed by atoms with E-state index in [2.05, 4.69) is 10.3 Å². The number of amides is 1. The molecule has 0 saturated heterocycles. The zero-order valence-electron chi connectivity index (χ0n) is 14.0. The van der Waals surface area contributed by atoms with E-state index < -0.39 is 17.9 Å². The van der Waals surface area contributed by atoms with Gasteiger partial charge in [-0.15, -0.1) is 0 Å². The van der Waals surface area contributed by atoms with Crippen LogP contribution in [0.5, 0.6) is 11.5 Å². The van der Waals surface area contributed by atoms with Crippen molar-refractivity contribution in [3.05, 3.63) is 60.0 Å². The van der Waals surface area contributed by atoms with E-state index in [1.807, 2.05) is 6.92 Å². The minimum Gasteiger partial charge on any atom is -0.454 e. The van der Waals surface area contributed by atoms with Crippen LogP contribution in [0.25, 0.3) is 10.8 Å². The van der Waals surface area contributed by atoms with Crippen molar-refractivity contribution in [1.29, 1.82) is 0 Å². The largest absolute Gasteiger partial charge is 0.454 e. The SMILES string of the molecule is Cc1ccc(F)c(Oc2ccc3cc(NC(=O)C4CC4F)ncc3c2)c1. The lowest BCUT2D eigenvalue weighted by atomic mass is 10.1. The van der Waals surface area contributed by atoms with Gasteiger partial charge in [0.25, 0.3) is 0 Å². The molecule has 26 heavy (non-hydrogen) atoms. The molecular weight excluding hydrogens is 338 g/mol. The van der Waals surface area contributed by atoms with Gasteiger partial charge in [0.1, 0.15) is 17.7 Å². The Bertz CT molecular complexity index is 1010. The van der Waals surface area contributed by atoms with Crippen molar-refractivity contribution < 1.29 is 18.3 Å². The van der Waals surface area contributed by atoms with Crippen LogP contribution in [-0.4, -0.2) is 17.1 Å².